The number of carbonyl (C=O) groups is 4. The van der Waals surface area contributed by atoms with Crippen molar-refractivity contribution in [2.24, 2.45) is 0 Å². The fourth-order valence-corrected chi connectivity index (χ4v) is 7.06. The van der Waals surface area contributed by atoms with Crippen molar-refractivity contribution in [3.05, 3.63) is 0 Å². The number of carboxylic acids is 1. The molecular formula is C35H59N2O21-. The van der Waals surface area contributed by atoms with Crippen LogP contribution in [0.3, 0.4) is 0 Å². The lowest BCUT2D eigenvalue weighted by molar-refractivity contribution is -0.410. The molecular weight excluding hydrogens is 784 g/mol. The molecule has 3 aliphatic rings. The SMILES string of the molecule is COC(=O)CCCCCCCCO[C@@H]1O[C@H](CO)[C@@H](O)[C@H](O[C@@H]2O[C@H](CO)[C@H](O)[C@H](O[C@]3(C(=O)[O-])C[C@H](O)[C@@H](NC(C)=O)[C@H]([C@H](O)[C@H](O)CO)O3)[C@H]2O)[C@H]1NC(C)=O. The minimum atomic E-state index is -3.16. The number of ether oxygens (including phenoxy) is 7. The highest BCUT2D eigenvalue weighted by Crippen LogP contribution is 2.38. The predicted octanol–water partition coefficient (Wildman–Crippen LogP) is -6.49. The van der Waals surface area contributed by atoms with Gasteiger partial charge in [0.1, 0.15) is 73.1 Å². The molecule has 16 atom stereocenters. The lowest BCUT2D eigenvalue weighted by atomic mass is 9.88. The maximum atomic E-state index is 12.7. The molecule has 0 saturated carbocycles. The van der Waals surface area contributed by atoms with Crippen molar-refractivity contribution >= 4 is 23.8 Å². The van der Waals surface area contributed by atoms with Crippen molar-refractivity contribution in [3.63, 3.8) is 0 Å². The number of unbranched alkanes of at least 4 members (excludes halogenated alkanes) is 5. The third-order valence-corrected chi connectivity index (χ3v) is 10.1. The summed E-state index contributed by atoms with van der Waals surface area (Å²) in [5.41, 5.74) is 0. The maximum Gasteiger partial charge on any atom is 0.305 e. The van der Waals surface area contributed by atoms with Crippen LogP contribution in [0.5, 0.6) is 0 Å². The van der Waals surface area contributed by atoms with Crippen molar-refractivity contribution in [1.82, 2.24) is 10.6 Å². The van der Waals surface area contributed by atoms with Crippen LogP contribution in [-0.2, 0) is 52.3 Å². The predicted molar refractivity (Wildman–Crippen MR) is 187 cm³/mol. The molecule has 0 aromatic rings. The first-order valence-electron chi connectivity index (χ1n) is 19.1. The van der Waals surface area contributed by atoms with E-state index >= 15 is 0 Å². The van der Waals surface area contributed by atoms with Crippen molar-refractivity contribution < 1.29 is 103 Å². The Labute approximate surface area is 334 Å². The van der Waals surface area contributed by atoms with E-state index in [4.69, 9.17) is 28.4 Å². The Kier molecular flexibility index (Phi) is 20.0. The van der Waals surface area contributed by atoms with Crippen LogP contribution in [0.1, 0.15) is 65.2 Å². The average Bonchev–Trinajstić information content (AvgIpc) is 3.18. The van der Waals surface area contributed by atoms with Crippen LogP contribution in [0, 0.1) is 0 Å². The number of aliphatic hydroxyl groups is 9. The monoisotopic (exact) mass is 843 g/mol. The van der Waals surface area contributed by atoms with Gasteiger partial charge in [0.25, 0.3) is 0 Å². The van der Waals surface area contributed by atoms with Gasteiger partial charge in [-0.1, -0.05) is 25.7 Å². The highest BCUT2D eigenvalue weighted by Gasteiger charge is 2.58. The first kappa shape index (κ1) is 49.6. The number of carboxylic acid groups (broad SMARTS) is 1. The van der Waals surface area contributed by atoms with E-state index in [0.29, 0.717) is 19.3 Å². The third kappa shape index (κ3) is 12.9. The maximum absolute atomic E-state index is 12.7. The molecule has 3 fully saturated rings. The highest BCUT2D eigenvalue weighted by atomic mass is 16.8. The molecule has 3 saturated heterocycles. The van der Waals surface area contributed by atoms with Crippen molar-refractivity contribution in [2.75, 3.05) is 33.5 Å². The van der Waals surface area contributed by atoms with Crippen LogP contribution in [-0.4, -0.2) is 201 Å². The third-order valence-electron chi connectivity index (χ3n) is 10.1. The summed E-state index contributed by atoms with van der Waals surface area (Å²) in [5.74, 6) is -7.07. The first-order chi connectivity index (χ1) is 27.4. The van der Waals surface area contributed by atoms with Gasteiger partial charge in [0.2, 0.25) is 17.6 Å². The summed E-state index contributed by atoms with van der Waals surface area (Å²) in [6.07, 6.45) is -20.7. The van der Waals surface area contributed by atoms with E-state index in [9.17, 15) is 70.2 Å². The largest absolute Gasteiger partial charge is 0.544 e. The fourth-order valence-electron chi connectivity index (χ4n) is 7.06. The molecule has 3 heterocycles. The summed E-state index contributed by atoms with van der Waals surface area (Å²) in [5, 5.41) is 113. The minimum Gasteiger partial charge on any atom is -0.544 e. The summed E-state index contributed by atoms with van der Waals surface area (Å²) in [4.78, 5) is 48.3. The van der Waals surface area contributed by atoms with E-state index < -0.39 is 142 Å². The van der Waals surface area contributed by atoms with Gasteiger partial charge in [-0.25, -0.2) is 0 Å². The lowest BCUT2D eigenvalue weighted by Gasteiger charge is -2.52. The number of esters is 1. The smallest absolute Gasteiger partial charge is 0.305 e. The average molecular weight is 844 g/mol. The number of nitrogens with one attached hydrogen (secondary N) is 2. The van der Waals surface area contributed by atoms with Gasteiger partial charge < -0.3 is 99.7 Å². The molecule has 3 aliphatic heterocycles. The second kappa shape index (κ2) is 23.3. The standard InChI is InChI=1S/C35H60N2O21/c1-16(41)36-23-18(43)12-35(34(50)51,57-30(23)25(46)19(44)13-38)58-31-27(48)21(15-40)55-33(28(31)49)56-29-24(37-17(2)42)32(54-20(14-39)26(29)47)53-11-9-7-5-4-6-8-10-22(45)52-3/h18-21,23-33,38-40,43-44,46-49H,4-15H2,1-3H3,(H,36,41)(H,37,42)(H,50,51)/p-1/t18-,19+,20+,21+,23+,24+,25+,26+,27-,28+,29+,30+,31-,32+,33-,35-/m0/s1. The topological polar surface area (TPSA) is 362 Å². The zero-order valence-electron chi connectivity index (χ0n) is 32.6. The number of methoxy groups -OCH3 is 1. The van der Waals surface area contributed by atoms with Gasteiger partial charge in [0.15, 0.2) is 12.6 Å². The molecule has 11 N–H and O–H groups in total. The van der Waals surface area contributed by atoms with Crippen LogP contribution in [0.25, 0.3) is 0 Å². The second-order valence-corrected chi connectivity index (χ2v) is 14.5. The van der Waals surface area contributed by atoms with Gasteiger partial charge in [0.05, 0.1) is 39.1 Å². The van der Waals surface area contributed by atoms with Crippen LogP contribution in [0.15, 0.2) is 0 Å². The van der Waals surface area contributed by atoms with Crippen LogP contribution in [0.2, 0.25) is 0 Å². The van der Waals surface area contributed by atoms with Gasteiger partial charge in [-0.3, -0.25) is 14.4 Å². The van der Waals surface area contributed by atoms with Crippen molar-refractivity contribution in [2.45, 2.75) is 163 Å². The summed E-state index contributed by atoms with van der Waals surface area (Å²) < 4.78 is 39.1. The highest BCUT2D eigenvalue weighted by molar-refractivity contribution is 5.75. The molecule has 336 valence electrons. The minimum absolute atomic E-state index is 0.0894. The molecule has 0 radical (unpaired) electrons. The zero-order valence-corrected chi connectivity index (χ0v) is 32.6. The number of carbonyl (C=O) groups excluding carboxylic acids is 4. The Morgan fingerprint density at radius 1 is 0.793 bits per heavy atom. The number of aliphatic carboxylic acids is 1. The van der Waals surface area contributed by atoms with Gasteiger partial charge in [0, 0.05) is 33.3 Å². The van der Waals surface area contributed by atoms with E-state index in [1.54, 1.807) is 0 Å². The normalized spacial score (nSPS) is 36.4. The molecule has 23 nitrogen and oxygen atoms in total. The van der Waals surface area contributed by atoms with Crippen molar-refractivity contribution in [1.29, 1.82) is 0 Å². The van der Waals surface area contributed by atoms with E-state index in [-0.39, 0.29) is 12.6 Å². The zero-order chi connectivity index (χ0) is 43.3. The lowest BCUT2D eigenvalue weighted by Crippen LogP contribution is -2.72. The van der Waals surface area contributed by atoms with Gasteiger partial charge in [-0.05, 0) is 12.8 Å². The Balaban J connectivity index is 1.84. The van der Waals surface area contributed by atoms with E-state index in [2.05, 4.69) is 15.4 Å². The quantitative estimate of drug-likeness (QED) is 0.0356. The molecule has 0 aromatic carbocycles. The van der Waals surface area contributed by atoms with Gasteiger partial charge >= 0.3 is 5.97 Å². The molecule has 0 bridgehead atoms. The Bertz CT molecular complexity index is 1310. The van der Waals surface area contributed by atoms with Crippen molar-refractivity contribution in [3.8, 4) is 0 Å². The first-order valence-corrected chi connectivity index (χ1v) is 19.1. The second-order valence-electron chi connectivity index (χ2n) is 14.5. The molecule has 0 aliphatic carbocycles. The Hall–Kier alpha value is -2.72. The molecule has 0 aromatic heterocycles. The van der Waals surface area contributed by atoms with E-state index in [1.807, 2.05) is 0 Å². The number of amides is 2. The molecule has 3 rings (SSSR count). The molecule has 0 unspecified atom stereocenters. The summed E-state index contributed by atoms with van der Waals surface area (Å²) in [7, 11) is 1.33. The number of aliphatic hydroxyl groups excluding tert-OH is 9. The molecule has 0 spiro atoms. The van der Waals surface area contributed by atoms with E-state index in [1.165, 1.54) is 7.11 Å². The Morgan fingerprint density at radius 3 is 1.90 bits per heavy atom. The van der Waals surface area contributed by atoms with Crippen LogP contribution >= 0.6 is 0 Å². The number of rotatable bonds is 22. The number of hydrogen-bond acceptors (Lipinski definition) is 21. The summed E-state index contributed by atoms with van der Waals surface area (Å²) in [6.45, 7) is -0.575. The van der Waals surface area contributed by atoms with Gasteiger partial charge in [-0.15, -0.1) is 0 Å². The van der Waals surface area contributed by atoms with E-state index in [0.717, 1.165) is 39.5 Å². The summed E-state index contributed by atoms with van der Waals surface area (Å²) in [6, 6.07) is -2.93. The van der Waals surface area contributed by atoms with Crippen LogP contribution < -0.4 is 15.7 Å². The molecule has 23 heteroatoms. The number of hydrogen-bond donors (Lipinski definition) is 11. The molecule has 2 amide bonds. The summed E-state index contributed by atoms with van der Waals surface area (Å²) >= 11 is 0. The molecule has 58 heavy (non-hydrogen) atoms. The van der Waals surface area contributed by atoms with Crippen LogP contribution in [0.4, 0.5) is 0 Å². The Morgan fingerprint density at radius 2 is 1.34 bits per heavy atom. The fraction of sp³-hybridized carbons (Fsp3) is 0.886. The van der Waals surface area contributed by atoms with Gasteiger partial charge in [-0.2, -0.15) is 0 Å².